The van der Waals surface area contributed by atoms with Crippen LogP contribution in [0.4, 0.5) is 4.39 Å². The molecule has 0 amide bonds. The minimum Gasteiger partial charge on any atom is -0.479 e. The summed E-state index contributed by atoms with van der Waals surface area (Å²) in [6.07, 6.45) is 1.16. The van der Waals surface area contributed by atoms with Crippen molar-refractivity contribution in [3.8, 4) is 11.1 Å². The van der Waals surface area contributed by atoms with Crippen LogP contribution in [0.5, 0.6) is 0 Å². The van der Waals surface area contributed by atoms with Crippen LogP contribution in [-0.2, 0) is 11.2 Å². The molecule has 0 radical (unpaired) electrons. The van der Waals surface area contributed by atoms with Crippen molar-refractivity contribution in [1.29, 1.82) is 0 Å². The van der Waals surface area contributed by atoms with Gasteiger partial charge in [0, 0.05) is 11.4 Å². The number of nitrogens with zero attached hydrogens (tertiary/aromatic N) is 1. The van der Waals surface area contributed by atoms with Crippen molar-refractivity contribution in [3.05, 3.63) is 99.9 Å². The minimum absolute atomic E-state index is 0.163. The van der Waals surface area contributed by atoms with Gasteiger partial charge in [-0.3, -0.25) is 0 Å². The van der Waals surface area contributed by atoms with Gasteiger partial charge >= 0.3 is 5.97 Å². The van der Waals surface area contributed by atoms with E-state index < -0.39 is 24.1 Å². The topological polar surface area (TPSA) is 66.7 Å². The average Bonchev–Trinajstić information content (AvgIpc) is 2.81. The van der Waals surface area contributed by atoms with Crippen LogP contribution in [-0.4, -0.2) is 16.7 Å². The van der Waals surface area contributed by atoms with E-state index in [0.29, 0.717) is 23.4 Å². The van der Waals surface area contributed by atoms with Crippen LogP contribution >= 0.6 is 11.6 Å². The second kappa shape index (κ2) is 11.0. The van der Waals surface area contributed by atoms with Gasteiger partial charge in [0.05, 0.1) is 0 Å². The number of unbranched alkanes of at least 4 members (excludes halogenated alkanes) is 1. The van der Waals surface area contributed by atoms with Crippen LogP contribution in [0.1, 0.15) is 42.9 Å². The van der Waals surface area contributed by atoms with Crippen molar-refractivity contribution < 1.29 is 14.3 Å². The maximum absolute atomic E-state index is 15.3. The summed E-state index contributed by atoms with van der Waals surface area (Å²) in [5.41, 5.74) is 0.955. The predicted molar refractivity (Wildman–Crippen MR) is 126 cm³/mol. The Kier molecular flexibility index (Phi) is 8.12. The molecule has 0 saturated carbocycles. The second-order valence-corrected chi connectivity index (χ2v) is 8.35. The molecule has 0 bridgehead atoms. The van der Waals surface area contributed by atoms with Crippen LogP contribution in [0.2, 0.25) is 5.02 Å². The first-order chi connectivity index (χ1) is 15.4. The van der Waals surface area contributed by atoms with Crippen molar-refractivity contribution in [2.45, 2.75) is 43.8 Å². The highest BCUT2D eigenvalue weighted by atomic mass is 35.5. The third-order valence-electron chi connectivity index (χ3n) is 5.63. The van der Waals surface area contributed by atoms with Gasteiger partial charge in [0.1, 0.15) is 6.04 Å². The van der Waals surface area contributed by atoms with Gasteiger partial charge in [-0.25, -0.2) is 9.18 Å². The van der Waals surface area contributed by atoms with E-state index >= 15 is 4.39 Å². The number of halogens is 2. The molecule has 0 spiro atoms. The molecular weight excluding hydrogens is 429 g/mol. The molecule has 0 aromatic heterocycles. The van der Waals surface area contributed by atoms with Gasteiger partial charge in [-0.15, -0.1) is 0 Å². The van der Waals surface area contributed by atoms with Gasteiger partial charge in [0.25, 0.3) is 0 Å². The summed E-state index contributed by atoms with van der Waals surface area (Å²) in [6.45, 7) is 0. The van der Waals surface area contributed by atoms with Crippen LogP contribution < -0.4 is 0 Å². The lowest BCUT2D eigenvalue weighted by Crippen LogP contribution is -2.35. The molecule has 3 aromatic rings. The zero-order valence-corrected chi connectivity index (χ0v) is 18.3. The highest BCUT2D eigenvalue weighted by Gasteiger charge is 2.41. The average molecular weight is 454 g/mol. The van der Waals surface area contributed by atoms with Gasteiger partial charge in [0.2, 0.25) is 5.67 Å². The number of alkyl halides is 1. The number of carboxylic acids is 1. The van der Waals surface area contributed by atoms with Crippen LogP contribution in [0.15, 0.2) is 84.0 Å². The Morgan fingerprint density at radius 3 is 2.09 bits per heavy atom. The lowest BCUT2D eigenvalue weighted by molar-refractivity contribution is -0.152. The van der Waals surface area contributed by atoms with Crippen molar-refractivity contribution in [3.63, 3.8) is 0 Å². The first kappa shape index (κ1) is 23.6. The highest BCUT2D eigenvalue weighted by molar-refractivity contribution is 6.30. The van der Waals surface area contributed by atoms with E-state index in [1.54, 1.807) is 36.4 Å². The maximum atomic E-state index is 15.3. The number of aryl methyl sites for hydroxylation is 1. The Hall–Kier alpha value is -3.05. The van der Waals surface area contributed by atoms with Gasteiger partial charge in [0.15, 0.2) is 0 Å². The van der Waals surface area contributed by atoms with Crippen LogP contribution in [0.3, 0.4) is 0 Å². The zero-order chi connectivity index (χ0) is 23.0. The molecule has 2 unspecified atom stereocenters. The first-order valence-corrected chi connectivity index (χ1v) is 10.9. The Balaban J connectivity index is 1.64. The molecule has 3 aromatic carbocycles. The van der Waals surface area contributed by atoms with E-state index in [1.165, 1.54) is 0 Å². The molecule has 32 heavy (non-hydrogen) atoms. The number of aliphatic carboxylic acids is 1. The van der Waals surface area contributed by atoms with E-state index in [0.717, 1.165) is 23.1 Å². The molecule has 0 aliphatic heterocycles. The quantitative estimate of drug-likeness (QED) is 0.243. The van der Waals surface area contributed by atoms with Gasteiger partial charge in [-0.05, 0) is 60.1 Å². The van der Waals surface area contributed by atoms with Crippen molar-refractivity contribution >= 4 is 17.6 Å². The van der Waals surface area contributed by atoms with Crippen molar-refractivity contribution in [2.24, 2.45) is 5.18 Å². The third-order valence-corrected chi connectivity index (χ3v) is 5.88. The first-order valence-electron chi connectivity index (χ1n) is 10.6. The molecule has 4 nitrogen and oxygen atoms in total. The number of hydrogen-bond acceptors (Lipinski definition) is 3. The molecular formula is C26H25ClFNO3. The monoisotopic (exact) mass is 453 g/mol. The summed E-state index contributed by atoms with van der Waals surface area (Å²) in [6, 6.07) is 23.0. The van der Waals surface area contributed by atoms with Gasteiger partial charge < -0.3 is 5.11 Å². The van der Waals surface area contributed by atoms with Crippen LogP contribution in [0.25, 0.3) is 11.1 Å². The lowest BCUT2D eigenvalue weighted by Gasteiger charge is -2.23. The van der Waals surface area contributed by atoms with Crippen molar-refractivity contribution in [1.82, 2.24) is 0 Å². The standard InChI is InChI=1S/C26H25ClFNO3/c27-23-15-13-21(14-16-23)20-9-11-22(12-10-20)24(29-32)18-26(28,25(30)31)17-5-4-8-19-6-2-1-3-7-19/h1-3,6-7,9-16,24H,4-5,8,17-18H2,(H,30,31). The largest absolute Gasteiger partial charge is 0.479 e. The lowest BCUT2D eigenvalue weighted by atomic mass is 9.87. The molecule has 166 valence electrons. The number of carboxylic acid groups (broad SMARTS) is 1. The predicted octanol–water partition coefficient (Wildman–Crippen LogP) is 7.41. The minimum atomic E-state index is -2.51. The fourth-order valence-corrected chi connectivity index (χ4v) is 3.86. The number of rotatable bonds is 11. The molecule has 3 rings (SSSR count). The normalized spacial score (nSPS) is 13.8. The summed E-state index contributed by atoms with van der Waals surface area (Å²) >= 11 is 5.92. The second-order valence-electron chi connectivity index (χ2n) is 7.92. The van der Waals surface area contributed by atoms with Crippen molar-refractivity contribution in [2.75, 3.05) is 0 Å². The fourth-order valence-electron chi connectivity index (χ4n) is 3.74. The Labute approximate surface area is 192 Å². The van der Waals surface area contributed by atoms with E-state index in [9.17, 15) is 14.8 Å². The summed E-state index contributed by atoms with van der Waals surface area (Å²) in [5.74, 6) is -1.55. The molecule has 0 aliphatic rings. The molecule has 0 fully saturated rings. The Bertz CT molecular complexity index is 1030. The van der Waals surface area contributed by atoms with E-state index in [2.05, 4.69) is 5.18 Å². The Morgan fingerprint density at radius 1 is 0.938 bits per heavy atom. The molecule has 0 aliphatic carbocycles. The Morgan fingerprint density at radius 2 is 1.53 bits per heavy atom. The van der Waals surface area contributed by atoms with E-state index in [-0.39, 0.29) is 6.42 Å². The molecule has 0 saturated heterocycles. The molecule has 0 heterocycles. The summed E-state index contributed by atoms with van der Waals surface area (Å²) in [4.78, 5) is 23.2. The highest BCUT2D eigenvalue weighted by Crippen LogP contribution is 2.35. The third kappa shape index (κ3) is 6.24. The SMILES string of the molecule is O=NC(CC(F)(CCCCc1ccccc1)C(=O)O)c1ccc(-c2ccc(Cl)cc2)cc1. The number of benzene rings is 3. The summed E-state index contributed by atoms with van der Waals surface area (Å²) in [5, 5.41) is 13.2. The fraction of sp³-hybridized carbons (Fsp3) is 0.269. The van der Waals surface area contributed by atoms with E-state index in [4.69, 9.17) is 11.6 Å². The number of nitroso groups, excluding NO2 is 1. The summed E-state index contributed by atoms with van der Waals surface area (Å²) < 4.78 is 15.3. The maximum Gasteiger partial charge on any atom is 0.341 e. The molecule has 2 atom stereocenters. The summed E-state index contributed by atoms with van der Waals surface area (Å²) in [7, 11) is 0. The smallest absolute Gasteiger partial charge is 0.341 e. The van der Waals surface area contributed by atoms with E-state index in [1.807, 2.05) is 42.5 Å². The van der Waals surface area contributed by atoms with Gasteiger partial charge in [-0.2, -0.15) is 4.91 Å². The molecule has 6 heteroatoms. The van der Waals surface area contributed by atoms with Crippen LogP contribution in [0, 0.1) is 4.91 Å². The molecule has 1 N–H and O–H groups in total. The van der Waals surface area contributed by atoms with Gasteiger partial charge in [-0.1, -0.05) is 83.5 Å². The number of hydrogen-bond donors (Lipinski definition) is 1. The number of carbonyl (C=O) groups is 1. The zero-order valence-electron chi connectivity index (χ0n) is 17.6.